The molecule has 0 saturated heterocycles. The van der Waals surface area contributed by atoms with Gasteiger partial charge in [-0.15, -0.1) is 0 Å². The predicted molar refractivity (Wildman–Crippen MR) is 112 cm³/mol. The summed E-state index contributed by atoms with van der Waals surface area (Å²) < 4.78 is 7.21. The molecular weight excluding hydrogens is 384 g/mol. The molecule has 1 amide bonds. The van der Waals surface area contributed by atoms with E-state index in [1.165, 1.54) is 0 Å². The van der Waals surface area contributed by atoms with E-state index in [1.807, 2.05) is 38.1 Å². The van der Waals surface area contributed by atoms with Gasteiger partial charge >= 0.3 is 5.97 Å². The smallest absolute Gasteiger partial charge is 0.326 e. The Morgan fingerprint density at radius 1 is 1.17 bits per heavy atom. The zero-order chi connectivity index (χ0) is 21.7. The van der Waals surface area contributed by atoms with E-state index in [2.05, 4.69) is 15.3 Å². The van der Waals surface area contributed by atoms with Crippen molar-refractivity contribution < 1.29 is 19.4 Å². The molecule has 0 aliphatic carbocycles. The number of pyridine rings is 1. The van der Waals surface area contributed by atoms with Gasteiger partial charge in [0.2, 0.25) is 0 Å². The number of amides is 1. The van der Waals surface area contributed by atoms with Gasteiger partial charge in [0.15, 0.2) is 0 Å². The number of carboxylic acids is 1. The summed E-state index contributed by atoms with van der Waals surface area (Å²) in [6, 6.07) is 9.95. The van der Waals surface area contributed by atoms with Crippen molar-refractivity contribution in [3.05, 3.63) is 60.7 Å². The number of aromatic nitrogens is 3. The Balaban J connectivity index is 2.04. The molecule has 156 valence electrons. The van der Waals surface area contributed by atoms with Gasteiger partial charge in [-0.05, 0) is 36.6 Å². The largest absolute Gasteiger partial charge is 0.496 e. The normalized spacial score (nSPS) is 11.9. The molecule has 2 aromatic heterocycles. The summed E-state index contributed by atoms with van der Waals surface area (Å²) in [4.78, 5) is 32.9. The molecule has 0 aliphatic heterocycles. The third-order valence-corrected chi connectivity index (χ3v) is 4.54. The van der Waals surface area contributed by atoms with Gasteiger partial charge in [-0.1, -0.05) is 26.0 Å². The molecule has 3 rings (SSSR count). The quantitative estimate of drug-likeness (QED) is 0.593. The van der Waals surface area contributed by atoms with Gasteiger partial charge in [0, 0.05) is 18.6 Å². The molecule has 0 fully saturated rings. The second-order valence-corrected chi connectivity index (χ2v) is 7.22. The van der Waals surface area contributed by atoms with Crippen LogP contribution in [-0.2, 0) is 4.79 Å². The minimum atomic E-state index is -1.07. The van der Waals surface area contributed by atoms with Crippen molar-refractivity contribution in [2.24, 2.45) is 5.92 Å². The van der Waals surface area contributed by atoms with Crippen LogP contribution in [0.5, 0.6) is 5.75 Å². The Bertz CT molecular complexity index is 1030. The van der Waals surface area contributed by atoms with E-state index in [0.29, 0.717) is 23.6 Å². The molecule has 3 aromatic rings. The number of hydrogen-bond acceptors (Lipinski definition) is 5. The van der Waals surface area contributed by atoms with Crippen molar-refractivity contribution in [3.8, 4) is 22.8 Å². The summed E-state index contributed by atoms with van der Waals surface area (Å²) in [5.74, 6) is -0.402. The van der Waals surface area contributed by atoms with Crippen LogP contribution in [-0.4, -0.2) is 44.7 Å². The molecule has 2 N–H and O–H groups in total. The number of carbonyl (C=O) groups is 2. The van der Waals surface area contributed by atoms with Crippen molar-refractivity contribution in [1.29, 1.82) is 0 Å². The van der Waals surface area contributed by atoms with Gasteiger partial charge in [-0.25, -0.2) is 9.78 Å². The van der Waals surface area contributed by atoms with E-state index < -0.39 is 17.9 Å². The number of imidazole rings is 1. The zero-order valence-electron chi connectivity index (χ0n) is 17.1. The number of rotatable bonds is 8. The maximum absolute atomic E-state index is 12.8. The van der Waals surface area contributed by atoms with Crippen LogP contribution in [0, 0.1) is 5.92 Å². The summed E-state index contributed by atoms with van der Waals surface area (Å²) in [5, 5.41) is 12.0. The summed E-state index contributed by atoms with van der Waals surface area (Å²) in [7, 11) is 1.57. The van der Waals surface area contributed by atoms with E-state index in [9.17, 15) is 14.7 Å². The molecule has 8 heteroatoms. The lowest BCUT2D eigenvalue weighted by Gasteiger charge is -2.15. The van der Waals surface area contributed by atoms with Crippen molar-refractivity contribution in [2.75, 3.05) is 7.11 Å². The number of carboxylic acid groups (broad SMARTS) is 1. The Labute approximate surface area is 174 Å². The van der Waals surface area contributed by atoms with Gasteiger partial charge in [0.05, 0.1) is 18.4 Å². The highest BCUT2D eigenvalue weighted by molar-refractivity contribution is 5.95. The fourth-order valence-corrected chi connectivity index (χ4v) is 3.14. The maximum atomic E-state index is 12.8. The number of nitrogens with zero attached hydrogens (tertiary/aromatic N) is 3. The van der Waals surface area contributed by atoms with Crippen molar-refractivity contribution in [1.82, 2.24) is 19.9 Å². The first-order valence-corrected chi connectivity index (χ1v) is 9.57. The van der Waals surface area contributed by atoms with Crippen LogP contribution in [0.4, 0.5) is 0 Å². The monoisotopic (exact) mass is 408 g/mol. The summed E-state index contributed by atoms with van der Waals surface area (Å²) in [6.45, 7) is 3.81. The van der Waals surface area contributed by atoms with Crippen molar-refractivity contribution in [3.63, 3.8) is 0 Å². The predicted octanol–water partition coefficient (Wildman–Crippen LogP) is 3.17. The van der Waals surface area contributed by atoms with Gasteiger partial charge in [0.1, 0.15) is 23.3 Å². The molecule has 30 heavy (non-hydrogen) atoms. The first-order valence-electron chi connectivity index (χ1n) is 9.57. The molecule has 2 heterocycles. The van der Waals surface area contributed by atoms with E-state index in [0.717, 1.165) is 5.69 Å². The van der Waals surface area contributed by atoms with Crippen LogP contribution >= 0.6 is 0 Å². The summed E-state index contributed by atoms with van der Waals surface area (Å²) >= 11 is 0. The molecule has 0 saturated carbocycles. The first-order chi connectivity index (χ1) is 14.4. The second kappa shape index (κ2) is 9.21. The summed E-state index contributed by atoms with van der Waals surface area (Å²) in [5.41, 5.74) is 1.57. The number of ether oxygens (including phenoxy) is 1. The van der Waals surface area contributed by atoms with Crippen molar-refractivity contribution in [2.45, 2.75) is 26.3 Å². The lowest BCUT2D eigenvalue weighted by molar-refractivity contribution is -0.139. The summed E-state index contributed by atoms with van der Waals surface area (Å²) in [6.07, 6.45) is 5.20. The number of hydrogen-bond donors (Lipinski definition) is 2. The Morgan fingerprint density at radius 2 is 1.87 bits per heavy atom. The van der Waals surface area contributed by atoms with E-state index in [4.69, 9.17) is 4.74 Å². The molecule has 8 nitrogen and oxygen atoms in total. The first kappa shape index (κ1) is 21.0. The van der Waals surface area contributed by atoms with Gasteiger partial charge in [0.25, 0.3) is 5.91 Å². The number of methoxy groups -OCH3 is 1. The van der Waals surface area contributed by atoms with Crippen LogP contribution in [0.2, 0.25) is 0 Å². The molecule has 0 aliphatic rings. The number of nitrogens with one attached hydrogen (secondary N) is 1. The Hall–Kier alpha value is -3.68. The molecule has 1 aromatic carbocycles. The standard InChI is InChI=1S/C22H24N4O4/c1-14(2)12-17(22(28)29)25-21(27)18-13-26(15-8-10-23-11-9-15)20(24-18)16-6-4-5-7-19(16)30-3/h4-11,13-14,17H,12H2,1-3H3,(H,25,27)(H,28,29)/t17-/m0/s1. The lowest BCUT2D eigenvalue weighted by Crippen LogP contribution is -2.41. The van der Waals surface area contributed by atoms with E-state index >= 15 is 0 Å². The number of aliphatic carboxylic acids is 1. The van der Waals surface area contributed by atoms with Crippen LogP contribution in [0.15, 0.2) is 55.0 Å². The van der Waals surface area contributed by atoms with Crippen LogP contribution in [0.25, 0.3) is 17.1 Å². The van der Waals surface area contributed by atoms with E-state index in [-0.39, 0.29) is 11.6 Å². The van der Waals surface area contributed by atoms with E-state index in [1.54, 1.807) is 42.4 Å². The van der Waals surface area contributed by atoms with Gasteiger partial charge in [-0.3, -0.25) is 14.3 Å². The zero-order valence-corrected chi connectivity index (χ0v) is 17.1. The number of benzene rings is 1. The molecule has 1 atom stereocenters. The second-order valence-electron chi connectivity index (χ2n) is 7.22. The third-order valence-electron chi connectivity index (χ3n) is 4.54. The van der Waals surface area contributed by atoms with Gasteiger partial charge < -0.3 is 15.2 Å². The minimum absolute atomic E-state index is 0.114. The molecule has 0 bridgehead atoms. The maximum Gasteiger partial charge on any atom is 0.326 e. The highest BCUT2D eigenvalue weighted by Gasteiger charge is 2.25. The van der Waals surface area contributed by atoms with Crippen LogP contribution in [0.3, 0.4) is 0 Å². The highest BCUT2D eigenvalue weighted by atomic mass is 16.5. The highest BCUT2D eigenvalue weighted by Crippen LogP contribution is 2.30. The minimum Gasteiger partial charge on any atom is -0.496 e. The Morgan fingerprint density at radius 3 is 2.50 bits per heavy atom. The number of para-hydroxylation sites is 1. The van der Waals surface area contributed by atoms with Crippen LogP contribution in [0.1, 0.15) is 30.8 Å². The SMILES string of the molecule is COc1ccccc1-c1nc(C(=O)N[C@@H](CC(C)C)C(=O)O)cn1-c1ccncc1. The molecule has 0 spiro atoms. The Kier molecular flexibility index (Phi) is 6.46. The average molecular weight is 408 g/mol. The fraction of sp³-hybridized carbons (Fsp3) is 0.273. The fourth-order valence-electron chi connectivity index (χ4n) is 3.14. The molecule has 0 unspecified atom stereocenters. The lowest BCUT2D eigenvalue weighted by atomic mass is 10.0. The average Bonchev–Trinajstić information content (AvgIpc) is 3.19. The number of carbonyl (C=O) groups excluding carboxylic acids is 1. The third kappa shape index (κ3) is 4.65. The topological polar surface area (TPSA) is 106 Å². The van der Waals surface area contributed by atoms with Crippen LogP contribution < -0.4 is 10.1 Å². The molecule has 0 radical (unpaired) electrons. The van der Waals surface area contributed by atoms with Crippen molar-refractivity contribution >= 4 is 11.9 Å². The van der Waals surface area contributed by atoms with Gasteiger partial charge in [-0.2, -0.15) is 0 Å². The molecular formula is C22H24N4O4.